The van der Waals surface area contributed by atoms with Crippen molar-refractivity contribution in [3.8, 4) is 17.2 Å². The van der Waals surface area contributed by atoms with Crippen molar-refractivity contribution in [3.63, 3.8) is 0 Å². The van der Waals surface area contributed by atoms with Gasteiger partial charge in [0.1, 0.15) is 0 Å². The maximum absolute atomic E-state index is 13.6. The van der Waals surface area contributed by atoms with Crippen molar-refractivity contribution >= 4 is 51.9 Å². The predicted molar refractivity (Wildman–Crippen MR) is 166 cm³/mol. The molecule has 1 aliphatic rings. The number of nitrogens with zero attached hydrogens (tertiary/aromatic N) is 1. The van der Waals surface area contributed by atoms with Gasteiger partial charge in [0.25, 0.3) is 11.7 Å². The summed E-state index contributed by atoms with van der Waals surface area (Å²) in [5.41, 5.74) is 4.61. The number of thioether (sulfide) groups is 1. The van der Waals surface area contributed by atoms with Crippen molar-refractivity contribution in [1.82, 2.24) is 4.98 Å². The molecule has 1 N–H and O–H groups in total. The van der Waals surface area contributed by atoms with Gasteiger partial charge in [-0.3, -0.25) is 4.79 Å². The van der Waals surface area contributed by atoms with Gasteiger partial charge in [-0.25, -0.2) is 9.78 Å². The van der Waals surface area contributed by atoms with Gasteiger partial charge in [0.05, 0.1) is 38.1 Å². The third-order valence-electron chi connectivity index (χ3n) is 7.10. The number of rotatable bonds is 10. The molecule has 0 saturated heterocycles. The number of pyridine rings is 1. The zero-order valence-electron chi connectivity index (χ0n) is 24.3. The highest BCUT2D eigenvalue weighted by Gasteiger charge is 2.27. The summed E-state index contributed by atoms with van der Waals surface area (Å²) in [6.07, 6.45) is 4.13. The van der Waals surface area contributed by atoms with E-state index in [1.54, 1.807) is 21.3 Å². The molecule has 11 heteroatoms. The number of fused-ring (bicyclic) bond motifs is 2. The monoisotopic (exact) mass is 620 g/mol. The van der Waals surface area contributed by atoms with E-state index in [0.29, 0.717) is 68.2 Å². The van der Waals surface area contributed by atoms with Crippen LogP contribution in [0.15, 0.2) is 65.6 Å². The van der Waals surface area contributed by atoms with E-state index < -0.39 is 24.2 Å². The number of hydrogen-bond donors (Lipinski definition) is 1. The molecule has 0 saturated carbocycles. The minimum absolute atomic E-state index is 0.373. The van der Waals surface area contributed by atoms with Crippen LogP contribution in [0.4, 0.5) is 14.5 Å². The minimum Gasteiger partial charge on any atom is -0.493 e. The van der Waals surface area contributed by atoms with Crippen LogP contribution in [-0.4, -0.2) is 50.6 Å². The second kappa shape index (κ2) is 13.8. The Labute approximate surface area is 257 Å². The molecule has 4 aromatic rings. The Kier molecular flexibility index (Phi) is 9.64. The molecule has 0 fully saturated rings. The largest absolute Gasteiger partial charge is 0.493 e. The number of allylic oxidation sites excluding steroid dienone is 1. The van der Waals surface area contributed by atoms with Crippen molar-refractivity contribution in [2.75, 3.05) is 33.3 Å². The fraction of sp³-hybridized carbons (Fsp3) is 0.242. The Morgan fingerprint density at radius 3 is 2.34 bits per heavy atom. The fourth-order valence-electron chi connectivity index (χ4n) is 5.21. The predicted octanol–water partition coefficient (Wildman–Crippen LogP) is 7.25. The molecule has 0 aliphatic heterocycles. The summed E-state index contributed by atoms with van der Waals surface area (Å²) in [5.74, 6) is -2.19. The first-order valence-electron chi connectivity index (χ1n) is 13.8. The van der Waals surface area contributed by atoms with Gasteiger partial charge in [-0.15, -0.1) is 0 Å². The molecule has 0 radical (unpaired) electrons. The van der Waals surface area contributed by atoms with Gasteiger partial charge in [-0.1, -0.05) is 30.0 Å². The van der Waals surface area contributed by atoms with Gasteiger partial charge in [-0.05, 0) is 84.5 Å². The summed E-state index contributed by atoms with van der Waals surface area (Å²) < 4.78 is 47.1. The molecule has 0 atom stereocenters. The topological polar surface area (TPSA) is 96.0 Å². The number of halogens is 2. The number of anilines is 1. The van der Waals surface area contributed by atoms with Crippen LogP contribution < -0.4 is 19.5 Å². The lowest BCUT2D eigenvalue weighted by atomic mass is 9.86. The molecule has 5 rings (SSSR count). The summed E-state index contributed by atoms with van der Waals surface area (Å²) in [7, 11) is 4.66. The highest BCUT2D eigenvalue weighted by atomic mass is 32.2. The third-order valence-corrected chi connectivity index (χ3v) is 7.82. The molecule has 8 nitrogen and oxygen atoms in total. The lowest BCUT2D eigenvalue weighted by molar-refractivity contribution is -0.119. The number of amides is 1. The van der Waals surface area contributed by atoms with Crippen molar-refractivity contribution in [2.45, 2.75) is 29.9 Å². The lowest BCUT2D eigenvalue weighted by Gasteiger charge is -2.22. The average molecular weight is 621 g/mol. The number of hydrogen-bond acceptors (Lipinski definition) is 8. The highest BCUT2D eigenvalue weighted by molar-refractivity contribution is 7.99. The Morgan fingerprint density at radius 2 is 1.68 bits per heavy atom. The summed E-state index contributed by atoms with van der Waals surface area (Å²) in [4.78, 5) is 31.5. The van der Waals surface area contributed by atoms with Crippen LogP contribution >= 0.6 is 11.8 Å². The summed E-state index contributed by atoms with van der Waals surface area (Å²) in [6, 6.07) is 17.0. The van der Waals surface area contributed by atoms with E-state index in [1.807, 2.05) is 42.5 Å². The SMILES string of the molecule is COc1cc(C=C2CCCc3c2nc2ccccc2c3C(=O)OCC(=O)Nc2ccc(SC(F)F)cc2)cc(OC)c1OC. The average Bonchev–Trinajstić information content (AvgIpc) is 3.03. The quantitative estimate of drug-likeness (QED) is 0.146. The molecule has 1 aliphatic carbocycles. The molecular formula is C33H30F2N2O6S. The van der Waals surface area contributed by atoms with Crippen LogP contribution in [0.5, 0.6) is 17.2 Å². The van der Waals surface area contributed by atoms with Crippen LogP contribution in [0.25, 0.3) is 22.6 Å². The van der Waals surface area contributed by atoms with Gasteiger partial charge in [0.2, 0.25) is 5.75 Å². The first kappa shape index (κ1) is 30.8. The van der Waals surface area contributed by atoms with Crippen molar-refractivity contribution in [2.24, 2.45) is 0 Å². The Hall–Kier alpha value is -4.64. The molecule has 0 unspecified atom stereocenters. The molecule has 44 heavy (non-hydrogen) atoms. The van der Waals surface area contributed by atoms with E-state index in [-0.39, 0.29) is 0 Å². The molecule has 1 heterocycles. The standard InChI is InChI=1S/C33H30F2N2O6S/c1-40-26-16-19(17-27(41-2)31(26)42-3)15-20-7-6-9-24-29(23-8-4-5-10-25(23)37-30(20)24)32(39)43-18-28(38)36-21-11-13-22(14-12-21)44-33(34)35/h4-5,8,10-17,33H,6-7,9,18H2,1-3H3,(H,36,38). The van der Waals surface area contributed by atoms with Gasteiger partial charge in [0, 0.05) is 16.0 Å². The fourth-order valence-corrected chi connectivity index (χ4v) is 5.71. The van der Waals surface area contributed by atoms with E-state index in [9.17, 15) is 18.4 Å². The van der Waals surface area contributed by atoms with Gasteiger partial charge in [-0.2, -0.15) is 8.78 Å². The first-order valence-corrected chi connectivity index (χ1v) is 14.6. The smallest absolute Gasteiger partial charge is 0.339 e. The lowest BCUT2D eigenvalue weighted by Crippen LogP contribution is -2.22. The van der Waals surface area contributed by atoms with Crippen molar-refractivity contribution in [3.05, 3.63) is 83.0 Å². The molecule has 228 valence electrons. The number of esters is 1. The maximum Gasteiger partial charge on any atom is 0.339 e. The third kappa shape index (κ3) is 6.78. The van der Waals surface area contributed by atoms with E-state index in [0.717, 1.165) is 29.5 Å². The zero-order valence-corrected chi connectivity index (χ0v) is 25.1. The maximum atomic E-state index is 13.6. The second-order valence-electron chi connectivity index (χ2n) is 9.84. The first-order chi connectivity index (χ1) is 21.3. The summed E-state index contributed by atoms with van der Waals surface area (Å²) in [6.45, 7) is -0.522. The summed E-state index contributed by atoms with van der Waals surface area (Å²) in [5, 5.41) is 3.26. The van der Waals surface area contributed by atoms with Crippen LogP contribution in [0.3, 0.4) is 0 Å². The second-order valence-corrected chi connectivity index (χ2v) is 10.9. The Morgan fingerprint density at radius 1 is 0.977 bits per heavy atom. The zero-order chi connectivity index (χ0) is 31.2. The van der Waals surface area contributed by atoms with E-state index in [2.05, 4.69) is 5.32 Å². The highest BCUT2D eigenvalue weighted by Crippen LogP contribution is 2.41. The molecule has 0 bridgehead atoms. The van der Waals surface area contributed by atoms with Crippen LogP contribution in [0, 0.1) is 0 Å². The van der Waals surface area contributed by atoms with Gasteiger partial charge < -0.3 is 24.3 Å². The van der Waals surface area contributed by atoms with Crippen molar-refractivity contribution in [1.29, 1.82) is 0 Å². The molecule has 1 amide bonds. The Balaban J connectivity index is 1.43. The van der Waals surface area contributed by atoms with Gasteiger partial charge >= 0.3 is 5.97 Å². The number of carbonyl (C=O) groups excluding carboxylic acids is 2. The number of aromatic nitrogens is 1. The number of ether oxygens (including phenoxy) is 4. The Bertz CT molecular complexity index is 1700. The van der Waals surface area contributed by atoms with E-state index >= 15 is 0 Å². The van der Waals surface area contributed by atoms with E-state index in [1.165, 1.54) is 24.3 Å². The minimum atomic E-state index is -2.54. The van der Waals surface area contributed by atoms with Crippen molar-refractivity contribution < 1.29 is 37.3 Å². The molecule has 0 spiro atoms. The normalized spacial score (nSPS) is 13.5. The van der Waals surface area contributed by atoms with E-state index in [4.69, 9.17) is 23.9 Å². The summed E-state index contributed by atoms with van der Waals surface area (Å²) >= 11 is 0.414. The number of benzene rings is 3. The number of carbonyl (C=O) groups is 2. The number of para-hydroxylation sites is 1. The molecule has 1 aromatic heterocycles. The number of methoxy groups -OCH3 is 3. The van der Waals surface area contributed by atoms with Crippen LogP contribution in [-0.2, 0) is 16.0 Å². The molecule has 3 aromatic carbocycles. The number of alkyl halides is 2. The number of nitrogens with one attached hydrogen (secondary N) is 1. The molecular weight excluding hydrogens is 590 g/mol. The van der Waals surface area contributed by atoms with Crippen LogP contribution in [0.1, 0.15) is 40.0 Å². The van der Waals surface area contributed by atoms with Crippen LogP contribution in [0.2, 0.25) is 0 Å². The van der Waals surface area contributed by atoms with Gasteiger partial charge in [0.15, 0.2) is 18.1 Å².